The second kappa shape index (κ2) is 5.95. The summed E-state index contributed by atoms with van der Waals surface area (Å²) in [7, 11) is 1.26. The van der Waals surface area contributed by atoms with Crippen molar-refractivity contribution >= 4 is 41.0 Å². The monoisotopic (exact) mass is 362 g/mol. The molecule has 0 aliphatic carbocycles. The van der Waals surface area contributed by atoms with E-state index in [4.69, 9.17) is 17.0 Å². The summed E-state index contributed by atoms with van der Waals surface area (Å²) in [6.45, 7) is 3.44. The fourth-order valence-electron chi connectivity index (χ4n) is 2.66. The van der Waals surface area contributed by atoms with Gasteiger partial charge in [-0.05, 0) is 31.6 Å². The second-order valence-corrected chi connectivity index (χ2v) is 7.00. The average molecular weight is 362 g/mol. The highest BCUT2D eigenvalue weighted by atomic mass is 32.1. The van der Waals surface area contributed by atoms with Gasteiger partial charge in [0, 0.05) is 5.22 Å². The van der Waals surface area contributed by atoms with Crippen LogP contribution in [-0.2, 0) is 14.3 Å². The molecule has 2 aromatic rings. The molecule has 6 nitrogen and oxygen atoms in total. The Labute approximate surface area is 146 Å². The van der Waals surface area contributed by atoms with E-state index in [-0.39, 0.29) is 9.83 Å². The minimum absolute atomic E-state index is 0.226. The van der Waals surface area contributed by atoms with Gasteiger partial charge in [-0.25, -0.2) is 9.79 Å². The predicted molar refractivity (Wildman–Crippen MR) is 91.0 cm³/mol. The number of aromatic hydroxyl groups is 1. The standard InChI is InChI=1S/C16H14N2O4S2/c1-7-5-4-6-9-10(13(19)17-11(7)9)12-14(20)18(16(23)24-12)8(2)15(21)22-3/h4-6,8,20H,1-3H3/t8-/m1/s1. The number of hydrogen-bond donors (Lipinski definition) is 1. The van der Waals surface area contributed by atoms with Gasteiger partial charge in [-0.2, -0.15) is 0 Å². The van der Waals surface area contributed by atoms with E-state index in [0.29, 0.717) is 21.0 Å². The van der Waals surface area contributed by atoms with Gasteiger partial charge < -0.3 is 9.84 Å². The van der Waals surface area contributed by atoms with Crippen molar-refractivity contribution < 1.29 is 19.4 Å². The summed E-state index contributed by atoms with van der Waals surface area (Å²) in [4.78, 5) is 28.5. The summed E-state index contributed by atoms with van der Waals surface area (Å²) in [6, 6.07) is 4.68. The number of para-hydroxylation sites is 1. The van der Waals surface area contributed by atoms with Crippen LogP contribution in [0, 0.1) is 10.9 Å². The Morgan fingerprint density at radius 2 is 2.17 bits per heavy atom. The van der Waals surface area contributed by atoms with Crippen molar-refractivity contribution in [2.45, 2.75) is 19.9 Å². The van der Waals surface area contributed by atoms with Crippen LogP contribution in [0.5, 0.6) is 5.88 Å². The van der Waals surface area contributed by atoms with Gasteiger partial charge in [-0.15, -0.1) is 11.3 Å². The van der Waals surface area contributed by atoms with Crippen LogP contribution in [0.2, 0.25) is 0 Å². The lowest BCUT2D eigenvalue weighted by Gasteiger charge is -2.12. The van der Waals surface area contributed by atoms with Crippen molar-refractivity contribution in [2.24, 2.45) is 4.99 Å². The van der Waals surface area contributed by atoms with Gasteiger partial charge in [0.25, 0.3) is 5.91 Å². The van der Waals surface area contributed by atoms with Crippen LogP contribution in [0.3, 0.4) is 0 Å². The smallest absolute Gasteiger partial charge is 0.328 e. The minimum atomic E-state index is -0.793. The fourth-order valence-corrected chi connectivity index (χ4v) is 4.16. The molecule has 2 heterocycles. The molecule has 0 unspecified atom stereocenters. The lowest BCUT2D eigenvalue weighted by Crippen LogP contribution is -2.25. The van der Waals surface area contributed by atoms with E-state index in [0.717, 1.165) is 16.9 Å². The van der Waals surface area contributed by atoms with Gasteiger partial charge in [0.1, 0.15) is 10.9 Å². The Kier molecular flexibility index (Phi) is 4.10. The quantitative estimate of drug-likeness (QED) is 0.659. The Hall–Kier alpha value is -2.32. The first-order valence-corrected chi connectivity index (χ1v) is 8.34. The minimum Gasteiger partial charge on any atom is -0.493 e. The molecular formula is C16H14N2O4S2. The van der Waals surface area contributed by atoms with Crippen molar-refractivity contribution in [1.29, 1.82) is 0 Å². The van der Waals surface area contributed by atoms with Crippen molar-refractivity contribution in [1.82, 2.24) is 4.57 Å². The molecule has 0 spiro atoms. The number of hydrogen-bond acceptors (Lipinski definition) is 6. The highest BCUT2D eigenvalue weighted by Gasteiger charge is 2.28. The fraction of sp³-hybridized carbons (Fsp3) is 0.250. The largest absolute Gasteiger partial charge is 0.493 e. The van der Waals surface area contributed by atoms with Crippen LogP contribution >= 0.6 is 23.6 Å². The molecule has 24 heavy (non-hydrogen) atoms. The number of ether oxygens (including phenoxy) is 1. The number of methoxy groups -OCH3 is 1. The maximum absolute atomic E-state index is 12.4. The van der Waals surface area contributed by atoms with Gasteiger partial charge in [0.2, 0.25) is 5.88 Å². The topological polar surface area (TPSA) is 80.9 Å². The van der Waals surface area contributed by atoms with Crippen LogP contribution in [0.1, 0.15) is 23.4 Å². The molecule has 1 aliphatic heterocycles. The first-order valence-electron chi connectivity index (χ1n) is 7.12. The maximum Gasteiger partial charge on any atom is 0.328 e. The van der Waals surface area contributed by atoms with E-state index in [2.05, 4.69) is 4.99 Å². The van der Waals surface area contributed by atoms with Gasteiger partial charge in [-0.1, -0.05) is 18.2 Å². The van der Waals surface area contributed by atoms with E-state index in [9.17, 15) is 14.7 Å². The summed E-state index contributed by atoms with van der Waals surface area (Å²) >= 11 is 6.33. The second-order valence-electron chi connectivity index (χ2n) is 5.35. The number of aryl methyl sites for hydroxylation is 1. The highest BCUT2D eigenvalue weighted by Crippen LogP contribution is 2.35. The van der Waals surface area contributed by atoms with Crippen LogP contribution in [-0.4, -0.2) is 28.7 Å². The zero-order chi connectivity index (χ0) is 17.6. The number of esters is 1. The molecule has 0 radical (unpaired) electrons. The molecule has 1 atom stereocenters. The van der Waals surface area contributed by atoms with Crippen LogP contribution in [0.25, 0.3) is 5.57 Å². The molecule has 3 rings (SSSR count). The summed E-state index contributed by atoms with van der Waals surface area (Å²) < 4.78 is 6.27. The highest BCUT2D eigenvalue weighted by molar-refractivity contribution is 7.73. The molecular weight excluding hydrogens is 348 g/mol. The molecule has 8 heteroatoms. The molecule has 0 saturated carbocycles. The third-order valence-corrected chi connectivity index (χ3v) is 5.32. The molecule has 1 N–H and O–H groups in total. The van der Waals surface area contributed by atoms with Crippen molar-refractivity contribution in [3.8, 4) is 5.88 Å². The van der Waals surface area contributed by atoms with Gasteiger partial charge in [0.15, 0.2) is 3.95 Å². The number of rotatable bonds is 3. The number of nitrogens with zero attached hydrogens (tertiary/aromatic N) is 2. The number of fused-ring (bicyclic) bond motifs is 1. The Morgan fingerprint density at radius 3 is 2.83 bits per heavy atom. The number of benzene rings is 1. The lowest BCUT2D eigenvalue weighted by atomic mass is 10.1. The van der Waals surface area contributed by atoms with E-state index in [1.807, 2.05) is 19.1 Å². The van der Waals surface area contributed by atoms with Crippen molar-refractivity contribution in [2.75, 3.05) is 7.11 Å². The van der Waals surface area contributed by atoms with Gasteiger partial charge in [0.05, 0.1) is 18.0 Å². The molecule has 124 valence electrons. The van der Waals surface area contributed by atoms with Crippen LogP contribution in [0.4, 0.5) is 0 Å². The molecule has 1 aromatic heterocycles. The Bertz CT molecular complexity index is 1050. The molecule has 1 aromatic carbocycles. The van der Waals surface area contributed by atoms with E-state index in [1.54, 1.807) is 13.0 Å². The van der Waals surface area contributed by atoms with E-state index >= 15 is 0 Å². The first-order chi connectivity index (χ1) is 11.4. The SMILES string of the molecule is COC(=O)[C@@H](C)n1c(O)c(C2=c3cccc(C)c3=NC2=O)sc1=S. The molecule has 0 bridgehead atoms. The van der Waals surface area contributed by atoms with Crippen molar-refractivity contribution in [3.05, 3.63) is 43.2 Å². The number of amides is 1. The zero-order valence-electron chi connectivity index (χ0n) is 13.2. The molecule has 0 saturated heterocycles. The summed E-state index contributed by atoms with van der Waals surface area (Å²) in [5.74, 6) is -1.19. The molecule has 1 amide bonds. The number of aromatic nitrogens is 1. The number of thiazole rings is 1. The lowest BCUT2D eigenvalue weighted by molar-refractivity contribution is -0.144. The average Bonchev–Trinajstić information content (AvgIpc) is 3.03. The first kappa shape index (κ1) is 16.5. The van der Waals surface area contributed by atoms with Crippen molar-refractivity contribution in [3.63, 3.8) is 0 Å². The van der Waals surface area contributed by atoms with Crippen LogP contribution in [0.15, 0.2) is 23.2 Å². The summed E-state index contributed by atoms with van der Waals surface area (Å²) in [6.07, 6.45) is 0. The number of carbonyl (C=O) groups excluding carboxylic acids is 2. The Balaban J connectivity index is 2.29. The van der Waals surface area contributed by atoms with Crippen LogP contribution < -0.4 is 10.6 Å². The molecule has 0 fully saturated rings. The number of carbonyl (C=O) groups is 2. The van der Waals surface area contributed by atoms with E-state index < -0.39 is 17.9 Å². The predicted octanol–water partition coefficient (Wildman–Crippen LogP) is 1.39. The van der Waals surface area contributed by atoms with Gasteiger partial charge >= 0.3 is 5.97 Å². The summed E-state index contributed by atoms with van der Waals surface area (Å²) in [5, 5.41) is 11.8. The molecule has 1 aliphatic rings. The maximum atomic E-state index is 12.4. The normalized spacial score (nSPS) is 14.3. The van der Waals surface area contributed by atoms with E-state index in [1.165, 1.54) is 11.7 Å². The Morgan fingerprint density at radius 1 is 1.46 bits per heavy atom. The van der Waals surface area contributed by atoms with Gasteiger partial charge in [-0.3, -0.25) is 9.36 Å². The zero-order valence-corrected chi connectivity index (χ0v) is 14.8. The third kappa shape index (κ3) is 2.38. The third-order valence-electron chi connectivity index (χ3n) is 3.91. The summed E-state index contributed by atoms with van der Waals surface area (Å²) in [5.41, 5.74) is 1.18.